The van der Waals surface area contributed by atoms with Crippen LogP contribution in [0, 0.1) is 0 Å². The van der Waals surface area contributed by atoms with Gasteiger partial charge < -0.3 is 19.9 Å². The van der Waals surface area contributed by atoms with Gasteiger partial charge in [0.2, 0.25) is 0 Å². The number of nitrogens with one attached hydrogen (secondary N) is 2. The monoisotopic (exact) mass is 317 g/mol. The van der Waals surface area contributed by atoms with Crippen molar-refractivity contribution in [3.8, 4) is 0 Å². The number of nitrogens with zero attached hydrogens (tertiary/aromatic N) is 1. The number of carbonyl (C=O) groups excluding carboxylic acids is 1. The van der Waals surface area contributed by atoms with Gasteiger partial charge in [-0.15, -0.1) is 0 Å². The summed E-state index contributed by atoms with van der Waals surface area (Å²) in [5.74, 6) is 0.269. The van der Waals surface area contributed by atoms with E-state index in [-0.39, 0.29) is 23.7 Å². The van der Waals surface area contributed by atoms with E-state index < -0.39 is 0 Å². The molecular weight excluding hydrogens is 294 g/mol. The summed E-state index contributed by atoms with van der Waals surface area (Å²) in [7, 11) is 1.85. The van der Waals surface area contributed by atoms with Crippen LogP contribution in [0.4, 0.5) is 0 Å². The number of hydrogen-bond donors (Lipinski definition) is 2. The van der Waals surface area contributed by atoms with Gasteiger partial charge in [0.05, 0.1) is 6.61 Å². The third-order valence-electron chi connectivity index (χ3n) is 3.52. The molecule has 124 valence electrons. The van der Waals surface area contributed by atoms with Crippen molar-refractivity contribution in [3.63, 3.8) is 0 Å². The zero-order chi connectivity index (χ0) is 16.7. The number of rotatable bonds is 8. The predicted octanol–water partition coefficient (Wildman–Crippen LogP) is 2.12. The first-order chi connectivity index (χ1) is 11.0. The predicted molar refractivity (Wildman–Crippen MR) is 86.9 cm³/mol. The van der Waals surface area contributed by atoms with E-state index in [0.717, 1.165) is 5.56 Å². The van der Waals surface area contributed by atoms with Gasteiger partial charge in [-0.3, -0.25) is 4.79 Å². The lowest BCUT2D eigenvalue weighted by atomic mass is 10.1. The maximum Gasteiger partial charge on any atom is 0.273 e. The third-order valence-corrected chi connectivity index (χ3v) is 3.52. The van der Waals surface area contributed by atoms with Gasteiger partial charge in [-0.2, -0.15) is 0 Å². The number of benzene rings is 1. The van der Waals surface area contributed by atoms with Crippen LogP contribution < -0.4 is 10.6 Å². The van der Waals surface area contributed by atoms with Crippen molar-refractivity contribution in [2.24, 2.45) is 0 Å². The average Bonchev–Trinajstić information content (AvgIpc) is 3.03. The lowest BCUT2D eigenvalue weighted by Gasteiger charge is -2.23. The van der Waals surface area contributed by atoms with E-state index in [9.17, 15) is 4.79 Å². The smallest absolute Gasteiger partial charge is 0.273 e. The molecule has 0 aliphatic carbocycles. The summed E-state index contributed by atoms with van der Waals surface area (Å²) >= 11 is 0. The van der Waals surface area contributed by atoms with E-state index in [1.165, 1.54) is 0 Å². The highest BCUT2D eigenvalue weighted by Crippen LogP contribution is 2.08. The van der Waals surface area contributed by atoms with Gasteiger partial charge in [-0.1, -0.05) is 35.5 Å². The molecule has 0 saturated carbocycles. The zero-order valence-electron chi connectivity index (χ0n) is 13.8. The van der Waals surface area contributed by atoms with E-state index in [1.54, 1.807) is 6.07 Å². The Morgan fingerprint density at radius 2 is 2.00 bits per heavy atom. The molecule has 1 heterocycles. The first-order valence-corrected chi connectivity index (χ1v) is 7.54. The van der Waals surface area contributed by atoms with Crippen LogP contribution in [0.25, 0.3) is 0 Å². The highest BCUT2D eigenvalue weighted by molar-refractivity contribution is 5.92. The van der Waals surface area contributed by atoms with E-state index in [1.807, 2.05) is 51.2 Å². The van der Waals surface area contributed by atoms with E-state index in [0.29, 0.717) is 18.9 Å². The second-order valence-corrected chi connectivity index (χ2v) is 5.97. The Kier molecular flexibility index (Phi) is 5.90. The second kappa shape index (κ2) is 7.89. The molecule has 23 heavy (non-hydrogen) atoms. The van der Waals surface area contributed by atoms with Crippen molar-refractivity contribution in [2.75, 3.05) is 13.6 Å². The van der Waals surface area contributed by atoms with Gasteiger partial charge in [-0.05, 0) is 26.5 Å². The lowest BCUT2D eigenvalue weighted by molar-refractivity contribution is 0.0876. The molecule has 0 radical (unpaired) electrons. The van der Waals surface area contributed by atoms with E-state index >= 15 is 0 Å². The van der Waals surface area contributed by atoms with Crippen molar-refractivity contribution >= 4 is 5.91 Å². The molecule has 1 amide bonds. The maximum absolute atomic E-state index is 12.0. The van der Waals surface area contributed by atoms with Crippen LogP contribution in [-0.4, -0.2) is 30.2 Å². The summed E-state index contributed by atoms with van der Waals surface area (Å²) < 4.78 is 10.7. The molecule has 2 aromatic rings. The third kappa shape index (κ3) is 5.50. The van der Waals surface area contributed by atoms with Crippen molar-refractivity contribution < 1.29 is 14.1 Å². The van der Waals surface area contributed by atoms with Crippen molar-refractivity contribution in [3.05, 3.63) is 53.4 Å². The summed E-state index contributed by atoms with van der Waals surface area (Å²) in [6, 6.07) is 11.5. The molecule has 1 aromatic carbocycles. The molecule has 2 rings (SSSR count). The molecule has 0 bridgehead atoms. The fraction of sp³-hybridized carbons (Fsp3) is 0.412. The molecule has 2 N–H and O–H groups in total. The number of likely N-dealkylation sites (N-methyl/N-ethyl adjacent to an activating group) is 1. The lowest BCUT2D eigenvalue weighted by Crippen LogP contribution is -2.47. The molecule has 0 aliphatic rings. The van der Waals surface area contributed by atoms with Gasteiger partial charge in [0.25, 0.3) is 5.91 Å². The van der Waals surface area contributed by atoms with Crippen molar-refractivity contribution in [1.82, 2.24) is 15.8 Å². The highest BCUT2D eigenvalue weighted by atomic mass is 16.5. The fourth-order valence-electron chi connectivity index (χ4n) is 1.81. The topological polar surface area (TPSA) is 76.4 Å². The fourth-order valence-corrected chi connectivity index (χ4v) is 1.81. The summed E-state index contributed by atoms with van der Waals surface area (Å²) in [6.07, 6.45) is 0. The Morgan fingerprint density at radius 3 is 2.70 bits per heavy atom. The Hall–Kier alpha value is -2.18. The Balaban J connectivity index is 1.79. The van der Waals surface area contributed by atoms with Crippen molar-refractivity contribution in [2.45, 2.75) is 32.6 Å². The molecule has 0 fully saturated rings. The molecule has 1 aromatic heterocycles. The average molecular weight is 317 g/mol. The molecule has 0 spiro atoms. The summed E-state index contributed by atoms with van der Waals surface area (Å²) in [5, 5.41) is 9.72. The maximum atomic E-state index is 12.0. The van der Waals surface area contributed by atoms with Crippen LogP contribution >= 0.6 is 0 Å². The number of aromatic nitrogens is 1. The zero-order valence-corrected chi connectivity index (χ0v) is 13.8. The number of amides is 1. The molecule has 0 atom stereocenters. The Morgan fingerprint density at radius 1 is 1.26 bits per heavy atom. The van der Waals surface area contributed by atoms with Crippen LogP contribution in [0.3, 0.4) is 0 Å². The highest BCUT2D eigenvalue weighted by Gasteiger charge is 2.18. The summed E-state index contributed by atoms with van der Waals surface area (Å²) in [5.41, 5.74) is 1.16. The molecule has 6 nitrogen and oxygen atoms in total. The van der Waals surface area contributed by atoms with Gasteiger partial charge in [-0.25, -0.2) is 0 Å². The molecular formula is C17H23N3O3. The van der Waals surface area contributed by atoms with Gasteiger partial charge in [0.1, 0.15) is 6.61 Å². The normalized spacial score (nSPS) is 11.4. The standard InChI is InChI=1S/C17H23N3O3/c1-17(2,18-3)12-19-16(21)15-9-14(23-20-15)11-22-10-13-7-5-4-6-8-13/h4-9,18H,10-12H2,1-3H3,(H,19,21). The second-order valence-electron chi connectivity index (χ2n) is 5.97. The molecule has 0 saturated heterocycles. The minimum atomic E-state index is -0.258. The Bertz CT molecular complexity index is 623. The first kappa shape index (κ1) is 17.2. The molecule has 6 heteroatoms. The van der Waals surface area contributed by atoms with Crippen LogP contribution in [0.2, 0.25) is 0 Å². The number of hydrogen-bond acceptors (Lipinski definition) is 5. The Labute approximate surface area is 136 Å². The van der Waals surface area contributed by atoms with Crippen LogP contribution in [0.5, 0.6) is 0 Å². The molecule has 0 unspecified atom stereocenters. The summed E-state index contributed by atoms with van der Waals surface area (Å²) in [6.45, 7) is 5.25. The minimum absolute atomic E-state index is 0.180. The first-order valence-electron chi connectivity index (χ1n) is 7.54. The van der Waals surface area contributed by atoms with Crippen molar-refractivity contribution in [1.29, 1.82) is 0 Å². The largest absolute Gasteiger partial charge is 0.369 e. The van der Waals surface area contributed by atoms with Gasteiger partial charge >= 0.3 is 0 Å². The minimum Gasteiger partial charge on any atom is -0.369 e. The van der Waals surface area contributed by atoms with Crippen LogP contribution in [-0.2, 0) is 18.0 Å². The van der Waals surface area contributed by atoms with Crippen LogP contribution in [0.1, 0.15) is 35.7 Å². The van der Waals surface area contributed by atoms with Crippen LogP contribution in [0.15, 0.2) is 40.9 Å². The van der Waals surface area contributed by atoms with E-state index in [4.69, 9.17) is 9.26 Å². The van der Waals surface area contributed by atoms with Gasteiger partial charge in [0, 0.05) is 18.2 Å². The SMILES string of the molecule is CNC(C)(C)CNC(=O)c1cc(COCc2ccccc2)on1. The summed E-state index contributed by atoms with van der Waals surface area (Å²) in [4.78, 5) is 12.0. The number of carbonyl (C=O) groups is 1. The molecule has 0 aliphatic heterocycles. The van der Waals surface area contributed by atoms with E-state index in [2.05, 4.69) is 15.8 Å². The quantitative estimate of drug-likeness (QED) is 0.780. The number of ether oxygens (including phenoxy) is 1. The van der Waals surface area contributed by atoms with Gasteiger partial charge in [0.15, 0.2) is 11.5 Å².